The van der Waals surface area contributed by atoms with E-state index in [0.29, 0.717) is 41.9 Å². The Labute approximate surface area is 132 Å². The molecule has 0 saturated carbocycles. The van der Waals surface area contributed by atoms with Crippen LogP contribution in [-0.4, -0.2) is 37.0 Å². The molecule has 3 aromatic rings. The minimum atomic E-state index is 0.107. The highest BCUT2D eigenvalue weighted by Gasteiger charge is 2.16. The van der Waals surface area contributed by atoms with E-state index < -0.39 is 0 Å². The predicted octanol–water partition coefficient (Wildman–Crippen LogP) is 1.26. The zero-order valence-electron chi connectivity index (χ0n) is 12.9. The van der Waals surface area contributed by atoms with E-state index in [1.54, 1.807) is 19.5 Å². The van der Waals surface area contributed by atoms with E-state index in [0.717, 1.165) is 0 Å². The molecule has 3 heterocycles. The summed E-state index contributed by atoms with van der Waals surface area (Å²) in [6.07, 6.45) is 5.76. The summed E-state index contributed by atoms with van der Waals surface area (Å²) in [6, 6.07) is 1.98. The Balaban J connectivity index is 1.76. The van der Waals surface area contributed by atoms with Crippen LogP contribution in [0.4, 0.5) is 5.82 Å². The van der Waals surface area contributed by atoms with Gasteiger partial charge in [0, 0.05) is 32.1 Å². The van der Waals surface area contributed by atoms with Gasteiger partial charge >= 0.3 is 0 Å². The van der Waals surface area contributed by atoms with Crippen LogP contribution in [0, 0.1) is 0 Å². The van der Waals surface area contributed by atoms with Crippen molar-refractivity contribution < 1.29 is 9.26 Å². The summed E-state index contributed by atoms with van der Waals surface area (Å²) in [5.74, 6) is 1.67. The number of anilines is 1. The van der Waals surface area contributed by atoms with Crippen molar-refractivity contribution in [2.75, 3.05) is 12.8 Å². The van der Waals surface area contributed by atoms with E-state index in [4.69, 9.17) is 15.0 Å². The lowest BCUT2D eigenvalue weighted by Gasteiger charge is -2.08. The monoisotopic (exact) mass is 315 g/mol. The molecule has 0 amide bonds. The number of hydrogen-bond acceptors (Lipinski definition) is 8. The van der Waals surface area contributed by atoms with Gasteiger partial charge < -0.3 is 15.0 Å². The van der Waals surface area contributed by atoms with Gasteiger partial charge in [-0.15, -0.1) is 0 Å². The SMILES string of the molecule is COCc1ncc(-c2noc(CC(C)n3cccn3)n2)c(N)n1. The van der Waals surface area contributed by atoms with Gasteiger partial charge in [0.05, 0.1) is 11.6 Å². The molecule has 23 heavy (non-hydrogen) atoms. The van der Waals surface area contributed by atoms with Gasteiger partial charge in [-0.05, 0) is 13.0 Å². The Morgan fingerprint density at radius 1 is 1.39 bits per heavy atom. The van der Waals surface area contributed by atoms with Crippen LogP contribution in [0.25, 0.3) is 11.4 Å². The Bertz CT molecular complexity index is 769. The summed E-state index contributed by atoms with van der Waals surface area (Å²) in [5.41, 5.74) is 6.46. The van der Waals surface area contributed by atoms with Gasteiger partial charge in [-0.1, -0.05) is 5.16 Å². The number of ether oxygens (including phenoxy) is 1. The molecule has 0 spiro atoms. The molecule has 0 aromatic carbocycles. The lowest BCUT2D eigenvalue weighted by Crippen LogP contribution is -2.08. The number of rotatable bonds is 6. The highest BCUT2D eigenvalue weighted by atomic mass is 16.5. The quantitative estimate of drug-likeness (QED) is 0.722. The van der Waals surface area contributed by atoms with Crippen LogP contribution in [0.15, 0.2) is 29.2 Å². The Morgan fingerprint density at radius 3 is 2.96 bits per heavy atom. The first-order valence-electron chi connectivity index (χ1n) is 7.09. The van der Waals surface area contributed by atoms with Gasteiger partial charge in [0.15, 0.2) is 5.82 Å². The lowest BCUT2D eigenvalue weighted by atomic mass is 10.2. The van der Waals surface area contributed by atoms with Crippen LogP contribution in [0.3, 0.4) is 0 Å². The maximum atomic E-state index is 5.93. The van der Waals surface area contributed by atoms with Crippen LogP contribution in [0.1, 0.15) is 24.7 Å². The van der Waals surface area contributed by atoms with Gasteiger partial charge in [0.2, 0.25) is 11.7 Å². The van der Waals surface area contributed by atoms with E-state index in [1.165, 1.54) is 0 Å². The molecule has 2 N–H and O–H groups in total. The third kappa shape index (κ3) is 3.34. The maximum absolute atomic E-state index is 5.93. The summed E-state index contributed by atoms with van der Waals surface area (Å²) in [4.78, 5) is 12.7. The molecule has 3 rings (SSSR count). The third-order valence-electron chi connectivity index (χ3n) is 3.30. The minimum Gasteiger partial charge on any atom is -0.383 e. The normalized spacial score (nSPS) is 12.4. The smallest absolute Gasteiger partial charge is 0.229 e. The number of hydrogen-bond donors (Lipinski definition) is 1. The largest absolute Gasteiger partial charge is 0.383 e. The van der Waals surface area contributed by atoms with E-state index in [1.807, 2.05) is 23.9 Å². The van der Waals surface area contributed by atoms with Crippen molar-refractivity contribution in [2.24, 2.45) is 0 Å². The average molecular weight is 315 g/mol. The topological polar surface area (TPSA) is 118 Å². The Kier molecular flexibility index (Phi) is 4.29. The molecule has 1 atom stereocenters. The molecular formula is C14H17N7O2. The summed E-state index contributed by atoms with van der Waals surface area (Å²) in [7, 11) is 1.57. The van der Waals surface area contributed by atoms with Crippen LogP contribution in [-0.2, 0) is 17.8 Å². The first-order valence-corrected chi connectivity index (χ1v) is 7.09. The number of nitrogens with zero attached hydrogens (tertiary/aromatic N) is 6. The summed E-state index contributed by atoms with van der Waals surface area (Å²) in [6.45, 7) is 2.32. The van der Waals surface area contributed by atoms with Crippen LogP contribution in [0.2, 0.25) is 0 Å². The van der Waals surface area contributed by atoms with Crippen LogP contribution >= 0.6 is 0 Å². The van der Waals surface area contributed by atoms with Crippen molar-refractivity contribution in [3.05, 3.63) is 36.4 Å². The van der Waals surface area contributed by atoms with E-state index in [9.17, 15) is 0 Å². The number of aromatic nitrogens is 6. The average Bonchev–Trinajstić information content (AvgIpc) is 3.19. The molecule has 9 nitrogen and oxygen atoms in total. The highest BCUT2D eigenvalue weighted by molar-refractivity contribution is 5.66. The van der Waals surface area contributed by atoms with Gasteiger partial charge in [-0.3, -0.25) is 4.68 Å². The summed E-state index contributed by atoms with van der Waals surface area (Å²) >= 11 is 0. The second-order valence-electron chi connectivity index (χ2n) is 5.07. The molecule has 3 aromatic heterocycles. The van der Waals surface area contributed by atoms with Crippen LogP contribution < -0.4 is 5.73 Å². The maximum Gasteiger partial charge on any atom is 0.229 e. The van der Waals surface area contributed by atoms with Crippen molar-refractivity contribution in [1.29, 1.82) is 0 Å². The second kappa shape index (κ2) is 6.53. The number of nitrogens with two attached hydrogens (primary N) is 1. The Hall–Kier alpha value is -2.81. The fourth-order valence-electron chi connectivity index (χ4n) is 2.14. The molecule has 0 aliphatic heterocycles. The highest BCUT2D eigenvalue weighted by Crippen LogP contribution is 2.22. The van der Waals surface area contributed by atoms with Crippen molar-refractivity contribution in [2.45, 2.75) is 26.0 Å². The minimum absolute atomic E-state index is 0.107. The van der Waals surface area contributed by atoms with E-state index in [-0.39, 0.29) is 6.04 Å². The van der Waals surface area contributed by atoms with E-state index in [2.05, 4.69) is 25.2 Å². The van der Waals surface area contributed by atoms with Crippen molar-refractivity contribution in [1.82, 2.24) is 29.9 Å². The molecule has 0 bridgehead atoms. The molecule has 0 aliphatic rings. The van der Waals surface area contributed by atoms with Crippen molar-refractivity contribution in [3.8, 4) is 11.4 Å². The van der Waals surface area contributed by atoms with Crippen molar-refractivity contribution in [3.63, 3.8) is 0 Å². The Morgan fingerprint density at radius 2 is 2.26 bits per heavy atom. The summed E-state index contributed by atoms with van der Waals surface area (Å²) in [5, 5.41) is 8.14. The first-order chi connectivity index (χ1) is 11.2. The van der Waals surface area contributed by atoms with Gasteiger partial charge in [-0.25, -0.2) is 9.97 Å². The molecule has 0 saturated heterocycles. The fourth-order valence-corrected chi connectivity index (χ4v) is 2.14. The zero-order valence-corrected chi connectivity index (χ0v) is 12.9. The molecule has 120 valence electrons. The zero-order chi connectivity index (χ0) is 16.2. The summed E-state index contributed by atoms with van der Waals surface area (Å²) < 4.78 is 12.1. The molecular weight excluding hydrogens is 298 g/mol. The number of methoxy groups -OCH3 is 1. The first kappa shape index (κ1) is 15.1. The van der Waals surface area contributed by atoms with Crippen molar-refractivity contribution >= 4 is 5.82 Å². The molecule has 1 unspecified atom stereocenters. The lowest BCUT2D eigenvalue weighted by molar-refractivity contribution is 0.178. The van der Waals surface area contributed by atoms with Crippen LogP contribution in [0.5, 0.6) is 0 Å². The second-order valence-corrected chi connectivity index (χ2v) is 5.07. The van der Waals surface area contributed by atoms with Gasteiger partial charge in [-0.2, -0.15) is 10.1 Å². The number of nitrogen functional groups attached to an aromatic ring is 1. The fraction of sp³-hybridized carbons (Fsp3) is 0.357. The van der Waals surface area contributed by atoms with Gasteiger partial charge in [0.1, 0.15) is 12.4 Å². The predicted molar refractivity (Wildman–Crippen MR) is 81.1 cm³/mol. The third-order valence-corrected chi connectivity index (χ3v) is 3.30. The van der Waals surface area contributed by atoms with E-state index >= 15 is 0 Å². The molecule has 9 heteroatoms. The molecule has 0 aliphatic carbocycles. The standard InChI is InChI=1S/C14H17N7O2/c1-9(21-5-3-4-17-21)6-12-19-14(20-23-12)10-7-16-11(8-22-2)18-13(10)15/h3-5,7,9H,6,8H2,1-2H3,(H2,15,16,18). The van der Waals surface area contributed by atoms with Gasteiger partial charge in [0.25, 0.3) is 0 Å². The molecule has 0 radical (unpaired) electrons. The molecule has 0 fully saturated rings.